The Morgan fingerprint density at radius 3 is 2.38 bits per heavy atom. The van der Waals surface area contributed by atoms with Crippen LogP contribution in [-0.2, 0) is 35.0 Å². The van der Waals surface area contributed by atoms with E-state index in [1.54, 1.807) is 6.07 Å². The van der Waals surface area contributed by atoms with Gasteiger partial charge in [0.05, 0.1) is 16.5 Å². The van der Waals surface area contributed by atoms with Gasteiger partial charge >= 0.3 is 6.18 Å². The van der Waals surface area contributed by atoms with Crippen molar-refractivity contribution in [1.82, 2.24) is 4.31 Å². The van der Waals surface area contributed by atoms with Crippen LogP contribution in [0.3, 0.4) is 0 Å². The van der Waals surface area contributed by atoms with Crippen molar-refractivity contribution in [1.29, 1.82) is 0 Å². The van der Waals surface area contributed by atoms with Crippen molar-refractivity contribution in [3.8, 4) is 5.75 Å². The number of carbonyl (C=O) groups excluding carboxylic acids is 1. The van der Waals surface area contributed by atoms with Crippen LogP contribution >= 0.6 is 0 Å². The highest BCUT2D eigenvalue weighted by atomic mass is 32.2. The molecule has 0 aromatic heterocycles. The predicted octanol–water partition coefficient (Wildman–Crippen LogP) is 5.68. The van der Waals surface area contributed by atoms with Crippen LogP contribution < -0.4 is 4.74 Å². The Hall–Kier alpha value is -3.08. The van der Waals surface area contributed by atoms with E-state index in [1.165, 1.54) is 36.4 Å². The van der Waals surface area contributed by atoms with E-state index in [2.05, 4.69) is 0 Å². The van der Waals surface area contributed by atoms with Gasteiger partial charge in [0, 0.05) is 12.5 Å². The number of halogens is 4. The molecule has 0 radical (unpaired) electrons. The number of rotatable bonds is 9. The van der Waals surface area contributed by atoms with Crippen molar-refractivity contribution in [3.63, 3.8) is 0 Å². The molecule has 1 heterocycles. The van der Waals surface area contributed by atoms with Gasteiger partial charge in [-0.2, -0.15) is 13.2 Å². The number of hydrogen-bond donors (Lipinski definition) is 0. The summed E-state index contributed by atoms with van der Waals surface area (Å²) in [5.41, 5.74) is 0.810. The molecule has 2 bridgehead atoms. The number of aryl methyl sites for hydroxylation is 1. The number of ketones is 1. The molecule has 3 aromatic rings. The molecule has 208 valence electrons. The van der Waals surface area contributed by atoms with Crippen molar-refractivity contribution >= 4 is 16.8 Å². The number of carbonyl (C=O) groups is 1. The van der Waals surface area contributed by atoms with Crippen molar-refractivity contribution in [3.05, 3.63) is 95.3 Å². The maximum atomic E-state index is 13.4. The standard InChI is InChI=1S/C29H27F4NO3S.H2O/c30-23-10-13-26(14-11-23)38(36)34-24-12-7-21(17-24)28(34)27(35)15-6-19-2-1-3-25(16-19)37-18-20-4-8-22(9-5-20)29(31,32)33;/h1-5,8-11,13-14,16,21,24,28H,6-7,12,15,17-18H2;1H2/t21-,24+,28-,38?;/m0./s1. The number of benzene rings is 3. The molecule has 3 aromatic carbocycles. The minimum absolute atomic E-state index is 0. The molecule has 10 heteroatoms. The normalized spacial score (nSPS) is 21.4. The summed E-state index contributed by atoms with van der Waals surface area (Å²) < 4.78 is 72.5. The Labute approximate surface area is 226 Å². The maximum absolute atomic E-state index is 13.4. The van der Waals surface area contributed by atoms with Gasteiger partial charge < -0.3 is 10.2 Å². The van der Waals surface area contributed by atoms with E-state index >= 15 is 0 Å². The second-order valence-electron chi connectivity index (χ2n) is 9.83. The molecule has 1 aliphatic carbocycles. The van der Waals surface area contributed by atoms with E-state index < -0.39 is 34.6 Å². The summed E-state index contributed by atoms with van der Waals surface area (Å²) in [6.45, 7) is 0.121. The van der Waals surface area contributed by atoms with Crippen LogP contribution in [0, 0.1) is 11.7 Å². The molecule has 1 saturated carbocycles. The fraction of sp³-hybridized carbons (Fsp3) is 0.345. The van der Waals surface area contributed by atoms with Crippen LogP contribution in [0.1, 0.15) is 42.4 Å². The lowest BCUT2D eigenvalue weighted by Crippen LogP contribution is -2.46. The smallest absolute Gasteiger partial charge is 0.416 e. The predicted molar refractivity (Wildman–Crippen MR) is 139 cm³/mol. The number of nitrogens with zero attached hydrogens (tertiary/aromatic N) is 1. The van der Waals surface area contributed by atoms with Gasteiger partial charge in [0.1, 0.15) is 29.2 Å². The van der Waals surface area contributed by atoms with Crippen LogP contribution in [-0.4, -0.2) is 31.9 Å². The lowest BCUT2D eigenvalue weighted by molar-refractivity contribution is -0.137. The van der Waals surface area contributed by atoms with Gasteiger partial charge in [-0.15, -0.1) is 0 Å². The zero-order valence-electron chi connectivity index (χ0n) is 21.0. The maximum Gasteiger partial charge on any atom is 0.416 e. The van der Waals surface area contributed by atoms with Crippen molar-refractivity contribution in [2.24, 2.45) is 5.92 Å². The topological polar surface area (TPSA) is 78.1 Å². The van der Waals surface area contributed by atoms with Crippen LogP contribution in [0.5, 0.6) is 5.75 Å². The molecule has 5 nitrogen and oxygen atoms in total. The van der Waals surface area contributed by atoms with Gasteiger partial charge in [0.15, 0.2) is 5.78 Å². The third-order valence-corrected chi connectivity index (χ3v) is 8.89. The van der Waals surface area contributed by atoms with E-state index in [9.17, 15) is 26.6 Å². The largest absolute Gasteiger partial charge is 0.489 e. The zero-order valence-corrected chi connectivity index (χ0v) is 21.8. The van der Waals surface area contributed by atoms with E-state index in [0.717, 1.165) is 37.0 Å². The van der Waals surface area contributed by atoms with Crippen molar-refractivity contribution in [2.75, 3.05) is 0 Å². The number of hydrogen-bond acceptors (Lipinski definition) is 3. The third-order valence-electron chi connectivity index (χ3n) is 7.31. The minimum Gasteiger partial charge on any atom is -0.489 e. The van der Waals surface area contributed by atoms with Gasteiger partial charge in [-0.05, 0) is 91.3 Å². The molecule has 1 unspecified atom stereocenters. The molecule has 2 fully saturated rings. The highest BCUT2D eigenvalue weighted by molar-refractivity contribution is 7.82. The number of fused-ring (bicyclic) bond motifs is 2. The number of Topliss-reactive ketones (excluding diaryl/α,β-unsaturated/α-hetero) is 1. The first-order valence-corrected chi connectivity index (χ1v) is 13.7. The first-order chi connectivity index (χ1) is 18.2. The first kappa shape index (κ1) is 28.9. The van der Waals surface area contributed by atoms with Crippen LogP contribution in [0.15, 0.2) is 77.7 Å². The second kappa shape index (κ2) is 12.0. The third kappa shape index (κ3) is 6.57. The van der Waals surface area contributed by atoms with Gasteiger partial charge in [-0.25, -0.2) is 12.9 Å². The molecular weight excluding hydrogens is 534 g/mol. The monoisotopic (exact) mass is 563 g/mol. The molecule has 0 spiro atoms. The Kier molecular flexibility index (Phi) is 8.88. The summed E-state index contributed by atoms with van der Waals surface area (Å²) in [5.74, 6) is 0.389. The molecule has 2 N–H and O–H groups in total. The highest BCUT2D eigenvalue weighted by Gasteiger charge is 2.51. The number of piperidine rings is 1. The van der Waals surface area contributed by atoms with Gasteiger partial charge in [0.2, 0.25) is 0 Å². The lowest BCUT2D eigenvalue weighted by Gasteiger charge is -2.33. The quantitative estimate of drug-likeness (QED) is 0.315. The summed E-state index contributed by atoms with van der Waals surface area (Å²) in [4.78, 5) is 13.9. The number of ether oxygens (including phenoxy) is 1. The van der Waals surface area contributed by atoms with Crippen LogP contribution in [0.4, 0.5) is 17.6 Å². The summed E-state index contributed by atoms with van der Waals surface area (Å²) in [5, 5.41) is 0. The molecule has 1 aliphatic heterocycles. The van der Waals surface area contributed by atoms with Gasteiger partial charge in [-0.3, -0.25) is 4.79 Å². The molecular formula is C29H29F4NO4S. The van der Waals surface area contributed by atoms with E-state index in [-0.39, 0.29) is 36.2 Å². The summed E-state index contributed by atoms with van der Waals surface area (Å²) in [6.07, 6.45) is -0.924. The number of alkyl halides is 3. The zero-order chi connectivity index (χ0) is 26.9. The first-order valence-electron chi connectivity index (χ1n) is 12.6. The molecule has 4 atom stereocenters. The fourth-order valence-corrected chi connectivity index (χ4v) is 6.99. The molecule has 5 rings (SSSR count). The molecule has 2 aliphatic rings. The average Bonchev–Trinajstić information content (AvgIpc) is 3.53. The van der Waals surface area contributed by atoms with Crippen LogP contribution in [0.2, 0.25) is 0 Å². The van der Waals surface area contributed by atoms with Gasteiger partial charge in [0.25, 0.3) is 0 Å². The van der Waals surface area contributed by atoms with Crippen molar-refractivity contribution in [2.45, 2.75) is 61.9 Å². The Balaban J connectivity index is 0.00000353. The lowest BCUT2D eigenvalue weighted by atomic mass is 9.93. The molecule has 0 amide bonds. The van der Waals surface area contributed by atoms with Gasteiger partial charge in [-0.1, -0.05) is 24.3 Å². The van der Waals surface area contributed by atoms with E-state index in [4.69, 9.17) is 4.74 Å². The summed E-state index contributed by atoms with van der Waals surface area (Å²) >= 11 is 0. The summed E-state index contributed by atoms with van der Waals surface area (Å²) in [7, 11) is -1.53. The molecule has 1 saturated heterocycles. The Morgan fingerprint density at radius 2 is 1.69 bits per heavy atom. The minimum atomic E-state index is -4.38. The van der Waals surface area contributed by atoms with E-state index in [1.807, 2.05) is 22.5 Å². The Bertz CT molecular complexity index is 1310. The van der Waals surface area contributed by atoms with Crippen molar-refractivity contribution < 1.29 is 36.8 Å². The second-order valence-corrected chi connectivity index (χ2v) is 11.2. The summed E-state index contributed by atoms with van der Waals surface area (Å²) in [6, 6.07) is 17.4. The SMILES string of the molecule is O.O=C(CCc1cccc(OCc2ccc(C(F)(F)F)cc2)c1)[C@@H]1[C@H]2CC[C@H](C2)N1S(=O)c1ccc(F)cc1. The fourth-order valence-electron chi connectivity index (χ4n) is 5.42. The molecule has 39 heavy (non-hydrogen) atoms. The van der Waals surface area contributed by atoms with E-state index in [0.29, 0.717) is 22.6 Å². The highest BCUT2D eigenvalue weighted by Crippen LogP contribution is 2.45. The Morgan fingerprint density at radius 1 is 0.974 bits per heavy atom. The van der Waals surface area contributed by atoms with Crippen LogP contribution in [0.25, 0.3) is 0 Å². The average molecular weight is 564 g/mol.